The largest absolute Gasteiger partial charge is 0.386 e. The lowest BCUT2D eigenvalue weighted by atomic mass is 9.88. The van der Waals surface area contributed by atoms with Gasteiger partial charge in [0.1, 0.15) is 17.1 Å². The first-order chi connectivity index (χ1) is 8.90. The van der Waals surface area contributed by atoms with Gasteiger partial charge in [0.05, 0.1) is 16.0 Å². The van der Waals surface area contributed by atoms with Crippen molar-refractivity contribution < 1.29 is 14.4 Å². The van der Waals surface area contributed by atoms with E-state index in [1.54, 1.807) is 4.90 Å². The van der Waals surface area contributed by atoms with Crippen LogP contribution in [0.1, 0.15) is 12.8 Å². The van der Waals surface area contributed by atoms with E-state index < -0.39 is 16.3 Å². The molecule has 1 N–H and O–H groups in total. The van der Waals surface area contributed by atoms with Crippen LogP contribution in [-0.2, 0) is 0 Å². The topological polar surface area (TPSA) is 66.6 Å². The number of benzene rings is 1. The zero-order chi connectivity index (χ0) is 13.8. The van der Waals surface area contributed by atoms with Crippen LogP contribution in [0.4, 0.5) is 15.8 Å². The van der Waals surface area contributed by atoms with Crippen LogP contribution in [0.3, 0.4) is 0 Å². The van der Waals surface area contributed by atoms with Gasteiger partial charge in [0.2, 0.25) is 0 Å². The molecule has 102 valence electrons. The molecule has 1 aliphatic carbocycles. The van der Waals surface area contributed by atoms with Crippen LogP contribution in [0, 0.1) is 21.8 Å². The molecule has 7 heteroatoms. The second-order valence-corrected chi connectivity index (χ2v) is 5.65. The molecule has 0 unspecified atom stereocenters. The highest BCUT2D eigenvalue weighted by Crippen LogP contribution is 2.47. The van der Waals surface area contributed by atoms with Crippen molar-refractivity contribution in [2.45, 2.75) is 18.4 Å². The van der Waals surface area contributed by atoms with Crippen molar-refractivity contribution >= 4 is 23.0 Å². The molecule has 0 spiro atoms. The summed E-state index contributed by atoms with van der Waals surface area (Å²) in [6, 6.07) is 2.08. The van der Waals surface area contributed by atoms with Gasteiger partial charge in [-0.3, -0.25) is 10.1 Å². The van der Waals surface area contributed by atoms with Crippen molar-refractivity contribution in [1.29, 1.82) is 0 Å². The first-order valence-corrected chi connectivity index (χ1v) is 6.39. The van der Waals surface area contributed by atoms with Crippen LogP contribution >= 0.6 is 11.6 Å². The summed E-state index contributed by atoms with van der Waals surface area (Å²) in [6.07, 6.45) is 1.99. The summed E-state index contributed by atoms with van der Waals surface area (Å²) in [6.45, 7) is 0.668. The van der Waals surface area contributed by atoms with E-state index in [1.165, 1.54) is 6.07 Å². The minimum absolute atomic E-state index is 0.150. The highest BCUT2D eigenvalue weighted by molar-refractivity contribution is 6.31. The molecule has 3 rings (SSSR count). The predicted molar refractivity (Wildman–Crippen MR) is 68.0 cm³/mol. The second kappa shape index (κ2) is 4.05. The van der Waals surface area contributed by atoms with Crippen molar-refractivity contribution in [3.05, 3.63) is 33.1 Å². The molecule has 0 radical (unpaired) electrons. The van der Waals surface area contributed by atoms with Crippen molar-refractivity contribution in [3.8, 4) is 0 Å². The highest BCUT2D eigenvalue weighted by Gasteiger charge is 2.52. The smallest absolute Gasteiger partial charge is 0.295 e. The molecule has 5 nitrogen and oxygen atoms in total. The number of nitrogens with zero attached hydrogens (tertiary/aromatic N) is 2. The zero-order valence-corrected chi connectivity index (χ0v) is 10.7. The number of hydrogen-bond acceptors (Lipinski definition) is 4. The number of anilines is 1. The predicted octanol–water partition coefficient (Wildman–Crippen LogP) is 2.35. The van der Waals surface area contributed by atoms with E-state index in [0.29, 0.717) is 19.0 Å². The molecular weight excluding hydrogens is 275 g/mol. The van der Waals surface area contributed by atoms with E-state index in [0.717, 1.165) is 18.9 Å². The van der Waals surface area contributed by atoms with Gasteiger partial charge in [0.15, 0.2) is 0 Å². The summed E-state index contributed by atoms with van der Waals surface area (Å²) in [5.41, 5.74) is -0.809. The molecule has 19 heavy (non-hydrogen) atoms. The van der Waals surface area contributed by atoms with Crippen LogP contribution in [0.2, 0.25) is 5.02 Å². The monoisotopic (exact) mass is 286 g/mol. The lowest BCUT2D eigenvalue weighted by Crippen LogP contribution is -2.63. The van der Waals surface area contributed by atoms with Crippen LogP contribution < -0.4 is 4.90 Å². The van der Waals surface area contributed by atoms with E-state index in [9.17, 15) is 19.6 Å². The van der Waals surface area contributed by atoms with E-state index in [1.807, 2.05) is 0 Å². The standard InChI is InChI=1S/C12H12ClFN2O3/c13-8-3-10(11(16(18)19)4-9(8)14)15-5-12(17,6-15)7-1-2-7/h3-4,7,17H,1-2,5-6H2. The van der Waals surface area contributed by atoms with Crippen molar-refractivity contribution in [1.82, 2.24) is 0 Å². The summed E-state index contributed by atoms with van der Waals surface area (Å²) in [7, 11) is 0. The highest BCUT2D eigenvalue weighted by atomic mass is 35.5. The molecule has 1 saturated heterocycles. The summed E-state index contributed by atoms with van der Waals surface area (Å²) < 4.78 is 13.3. The van der Waals surface area contributed by atoms with Crippen molar-refractivity contribution in [2.75, 3.05) is 18.0 Å². The van der Waals surface area contributed by atoms with Gasteiger partial charge in [-0.25, -0.2) is 4.39 Å². The second-order valence-electron chi connectivity index (χ2n) is 5.25. The van der Waals surface area contributed by atoms with E-state index in [4.69, 9.17) is 11.6 Å². The molecule has 1 aromatic rings. The third-order valence-electron chi connectivity index (χ3n) is 3.82. The first-order valence-electron chi connectivity index (χ1n) is 6.01. The summed E-state index contributed by atoms with van der Waals surface area (Å²) in [5.74, 6) is -0.520. The summed E-state index contributed by atoms with van der Waals surface area (Å²) in [5, 5.41) is 21.0. The Bertz CT molecular complexity index is 556. The lowest BCUT2D eigenvalue weighted by molar-refractivity contribution is -0.384. The van der Waals surface area contributed by atoms with Crippen molar-refractivity contribution in [3.63, 3.8) is 0 Å². The Morgan fingerprint density at radius 1 is 1.47 bits per heavy atom. The fourth-order valence-corrected chi connectivity index (χ4v) is 2.75. The molecule has 1 aromatic carbocycles. The van der Waals surface area contributed by atoms with Gasteiger partial charge in [-0.15, -0.1) is 0 Å². The number of β-amino-alcohol motifs (C(OH)–C–C–N with tert-alkyl or cyclic N) is 1. The molecule has 1 heterocycles. The fraction of sp³-hybridized carbons (Fsp3) is 0.500. The number of aliphatic hydroxyl groups is 1. The van der Waals surface area contributed by atoms with Crippen LogP contribution in [0.5, 0.6) is 0 Å². The van der Waals surface area contributed by atoms with Crippen molar-refractivity contribution in [2.24, 2.45) is 5.92 Å². The van der Waals surface area contributed by atoms with Gasteiger partial charge >= 0.3 is 0 Å². The normalized spacial score (nSPS) is 21.1. The van der Waals surface area contributed by atoms with Gasteiger partial charge in [0, 0.05) is 13.1 Å². The number of halogens is 2. The third-order valence-corrected chi connectivity index (χ3v) is 4.11. The Hall–Kier alpha value is -1.40. The maximum atomic E-state index is 13.3. The van der Waals surface area contributed by atoms with Gasteiger partial charge < -0.3 is 10.0 Å². The Morgan fingerprint density at radius 3 is 2.63 bits per heavy atom. The Kier molecular flexibility index (Phi) is 2.69. The average molecular weight is 287 g/mol. The quantitative estimate of drug-likeness (QED) is 0.684. The van der Waals surface area contributed by atoms with Gasteiger partial charge in [0.25, 0.3) is 5.69 Å². The molecule has 0 amide bonds. The van der Waals surface area contributed by atoms with Crippen LogP contribution in [0.25, 0.3) is 0 Å². The Morgan fingerprint density at radius 2 is 2.11 bits per heavy atom. The van der Waals surface area contributed by atoms with E-state index >= 15 is 0 Å². The van der Waals surface area contributed by atoms with Gasteiger partial charge in [-0.05, 0) is 24.8 Å². The molecule has 0 bridgehead atoms. The number of rotatable bonds is 3. The van der Waals surface area contributed by atoms with E-state index in [2.05, 4.69) is 0 Å². The summed E-state index contributed by atoms with van der Waals surface area (Å²) in [4.78, 5) is 12.0. The van der Waals surface area contributed by atoms with Crippen LogP contribution in [-0.4, -0.2) is 28.7 Å². The minimum atomic E-state index is -0.810. The Balaban J connectivity index is 1.89. The average Bonchev–Trinajstić information content (AvgIpc) is 3.12. The first kappa shape index (κ1) is 12.6. The lowest BCUT2D eigenvalue weighted by Gasteiger charge is -2.48. The number of nitro benzene ring substituents is 1. The molecule has 2 aliphatic rings. The van der Waals surface area contributed by atoms with Gasteiger partial charge in [-0.1, -0.05) is 11.6 Å². The SMILES string of the molecule is O=[N+]([O-])c1cc(F)c(Cl)cc1N1CC(O)(C2CC2)C1. The molecule has 0 atom stereocenters. The third kappa shape index (κ3) is 2.04. The minimum Gasteiger partial charge on any atom is -0.386 e. The zero-order valence-electron chi connectivity index (χ0n) is 9.97. The van der Waals surface area contributed by atoms with Crippen LogP contribution in [0.15, 0.2) is 12.1 Å². The molecule has 1 saturated carbocycles. The molecule has 1 aliphatic heterocycles. The molecule has 0 aromatic heterocycles. The van der Waals surface area contributed by atoms with Gasteiger partial charge in [-0.2, -0.15) is 0 Å². The fourth-order valence-electron chi connectivity index (χ4n) is 2.59. The maximum Gasteiger partial charge on any atom is 0.295 e. The number of nitro groups is 1. The molecular formula is C12H12ClFN2O3. The van der Waals surface area contributed by atoms with E-state index in [-0.39, 0.29) is 16.4 Å². The Labute approximate surface area is 113 Å². The molecule has 2 fully saturated rings. The maximum absolute atomic E-state index is 13.3. The summed E-state index contributed by atoms with van der Waals surface area (Å²) >= 11 is 5.67. The number of hydrogen-bond donors (Lipinski definition) is 1.